The highest BCUT2D eigenvalue weighted by Crippen LogP contribution is 2.37. The van der Waals surface area contributed by atoms with Crippen molar-refractivity contribution < 1.29 is 26.0 Å². The number of thiazole rings is 1. The molecule has 0 amide bonds. The first-order chi connectivity index (χ1) is 15.5. The molecule has 0 bridgehead atoms. The molecule has 1 fully saturated rings. The molecular weight excluding hydrogens is 523 g/mol. The summed E-state index contributed by atoms with van der Waals surface area (Å²) in [7, 11) is -4.06. The van der Waals surface area contributed by atoms with Gasteiger partial charge in [-0.05, 0) is 43.2 Å². The van der Waals surface area contributed by atoms with Gasteiger partial charge < -0.3 is 4.90 Å². The van der Waals surface area contributed by atoms with Crippen LogP contribution in [-0.2, 0) is 16.0 Å². The molecule has 2 heterocycles. The van der Waals surface area contributed by atoms with E-state index in [2.05, 4.69) is 4.98 Å². The van der Waals surface area contributed by atoms with E-state index in [1.807, 2.05) is 4.90 Å². The zero-order valence-electron chi connectivity index (χ0n) is 16.7. The van der Waals surface area contributed by atoms with Gasteiger partial charge in [0.05, 0.1) is 31.4 Å². The molecule has 1 saturated heterocycles. The molecule has 0 aliphatic carbocycles. The molecule has 33 heavy (non-hydrogen) atoms. The number of anilines is 1. The molecule has 4 nitrogen and oxygen atoms in total. The number of nitrogens with zero attached hydrogens (tertiary/aromatic N) is 2. The van der Waals surface area contributed by atoms with Crippen LogP contribution in [0.4, 0.5) is 22.7 Å². The van der Waals surface area contributed by atoms with Crippen LogP contribution in [0.15, 0.2) is 46.7 Å². The first-order valence-electron chi connectivity index (χ1n) is 9.73. The van der Waals surface area contributed by atoms with Crippen LogP contribution in [-0.4, -0.2) is 31.7 Å². The van der Waals surface area contributed by atoms with Crippen LogP contribution in [0.2, 0.25) is 10.0 Å². The first-order valence-corrected chi connectivity index (χ1v) is 12.9. The molecule has 3 aromatic rings. The second kappa shape index (κ2) is 9.05. The van der Waals surface area contributed by atoms with Gasteiger partial charge in [0.2, 0.25) is 0 Å². The third-order valence-corrected chi connectivity index (χ3v) is 9.37. The highest BCUT2D eigenvalue weighted by atomic mass is 35.5. The van der Waals surface area contributed by atoms with Crippen LogP contribution < -0.4 is 4.90 Å². The maximum Gasteiger partial charge on any atom is 0.416 e. The average molecular weight is 539 g/mol. The summed E-state index contributed by atoms with van der Waals surface area (Å²) < 4.78 is 79.0. The summed E-state index contributed by atoms with van der Waals surface area (Å²) in [4.78, 5) is 5.91. The van der Waals surface area contributed by atoms with Crippen molar-refractivity contribution in [3.8, 4) is 11.3 Å². The summed E-state index contributed by atoms with van der Waals surface area (Å²) in [5, 5.41) is 1.33. The second-order valence-electron chi connectivity index (χ2n) is 7.52. The van der Waals surface area contributed by atoms with Crippen molar-refractivity contribution in [2.24, 2.45) is 0 Å². The lowest BCUT2D eigenvalue weighted by Crippen LogP contribution is -2.39. The van der Waals surface area contributed by atoms with Gasteiger partial charge in [-0.3, -0.25) is 0 Å². The second-order valence-corrected chi connectivity index (χ2v) is 11.4. The minimum Gasteiger partial charge on any atom is -0.348 e. The largest absolute Gasteiger partial charge is 0.416 e. The number of alkyl halides is 3. The Hall–Kier alpha value is -1.88. The fourth-order valence-electron chi connectivity index (χ4n) is 3.63. The molecule has 2 aromatic carbocycles. The molecule has 0 unspecified atom stereocenters. The summed E-state index contributed by atoms with van der Waals surface area (Å²) in [5.74, 6) is -0.553. The third kappa shape index (κ3) is 4.99. The number of piperidine rings is 1. The lowest BCUT2D eigenvalue weighted by molar-refractivity contribution is -0.137. The van der Waals surface area contributed by atoms with E-state index in [-0.39, 0.29) is 22.9 Å². The summed E-state index contributed by atoms with van der Waals surface area (Å²) in [6, 6.07) is 6.71. The number of halogens is 6. The lowest BCUT2D eigenvalue weighted by atomic mass is 10.1. The molecular formula is C21H16Cl2F4N2O2S2. The SMILES string of the molecule is O=S(=O)(c1cc(C(F)(F)F)ccc1Cl)C1CCN(c2nc(-c3ccc(Cl)c(F)c3)cs2)CC1. The Bertz CT molecular complexity index is 1290. The number of hydrogen-bond acceptors (Lipinski definition) is 5. The van der Waals surface area contributed by atoms with E-state index in [1.165, 1.54) is 23.5 Å². The Morgan fingerprint density at radius 3 is 2.33 bits per heavy atom. The predicted octanol–water partition coefficient (Wildman–Crippen LogP) is 6.72. The van der Waals surface area contributed by atoms with E-state index < -0.39 is 37.5 Å². The van der Waals surface area contributed by atoms with Crippen LogP contribution >= 0.6 is 34.5 Å². The quantitative estimate of drug-likeness (QED) is 0.346. The summed E-state index contributed by atoms with van der Waals surface area (Å²) in [6.07, 6.45) is -4.26. The van der Waals surface area contributed by atoms with E-state index in [0.29, 0.717) is 35.5 Å². The van der Waals surface area contributed by atoms with Gasteiger partial charge in [0.15, 0.2) is 15.0 Å². The van der Waals surface area contributed by atoms with Crippen LogP contribution in [0.25, 0.3) is 11.3 Å². The van der Waals surface area contributed by atoms with Gasteiger partial charge in [-0.15, -0.1) is 11.3 Å². The molecule has 1 aliphatic rings. The van der Waals surface area contributed by atoms with Crippen molar-refractivity contribution in [2.45, 2.75) is 29.2 Å². The molecule has 1 aromatic heterocycles. The fraction of sp³-hybridized carbons (Fsp3) is 0.286. The molecule has 0 spiro atoms. The fourth-order valence-corrected chi connectivity index (χ4v) is 6.90. The zero-order chi connectivity index (χ0) is 24.0. The third-order valence-electron chi connectivity index (χ3n) is 5.42. The average Bonchev–Trinajstić information content (AvgIpc) is 3.25. The number of benzene rings is 2. The maximum absolute atomic E-state index is 13.7. The van der Waals surface area contributed by atoms with Gasteiger partial charge in [0.1, 0.15) is 5.82 Å². The van der Waals surface area contributed by atoms with E-state index in [9.17, 15) is 26.0 Å². The normalized spacial score (nSPS) is 15.8. The van der Waals surface area contributed by atoms with E-state index >= 15 is 0 Å². The van der Waals surface area contributed by atoms with Crippen LogP contribution in [0.5, 0.6) is 0 Å². The Balaban J connectivity index is 1.49. The molecule has 1 aliphatic heterocycles. The molecule has 0 saturated carbocycles. The van der Waals surface area contributed by atoms with Gasteiger partial charge in [0, 0.05) is 24.0 Å². The van der Waals surface area contributed by atoms with Crippen LogP contribution in [0, 0.1) is 5.82 Å². The van der Waals surface area contributed by atoms with Crippen molar-refractivity contribution in [3.63, 3.8) is 0 Å². The van der Waals surface area contributed by atoms with Crippen molar-refractivity contribution in [3.05, 3.63) is 63.2 Å². The highest BCUT2D eigenvalue weighted by Gasteiger charge is 2.37. The summed E-state index contributed by atoms with van der Waals surface area (Å²) >= 11 is 13.0. The summed E-state index contributed by atoms with van der Waals surface area (Å²) in [6.45, 7) is 0.699. The number of hydrogen-bond donors (Lipinski definition) is 0. The van der Waals surface area contributed by atoms with Gasteiger partial charge in [0.25, 0.3) is 0 Å². The Kier molecular flexibility index (Phi) is 6.65. The van der Waals surface area contributed by atoms with Crippen molar-refractivity contribution >= 4 is 49.5 Å². The van der Waals surface area contributed by atoms with Crippen LogP contribution in [0.3, 0.4) is 0 Å². The molecule has 0 atom stereocenters. The maximum atomic E-state index is 13.7. The van der Waals surface area contributed by atoms with Gasteiger partial charge in [-0.2, -0.15) is 13.2 Å². The first kappa shape index (κ1) is 24.3. The smallest absolute Gasteiger partial charge is 0.348 e. The molecule has 4 rings (SSSR count). The van der Waals surface area contributed by atoms with Crippen LogP contribution in [0.1, 0.15) is 18.4 Å². The van der Waals surface area contributed by atoms with Crippen molar-refractivity contribution in [1.82, 2.24) is 4.98 Å². The Labute approximate surface area is 201 Å². The van der Waals surface area contributed by atoms with Crippen molar-refractivity contribution in [2.75, 3.05) is 18.0 Å². The Morgan fingerprint density at radius 2 is 1.70 bits per heavy atom. The van der Waals surface area contributed by atoms with Crippen molar-refractivity contribution in [1.29, 1.82) is 0 Å². The van der Waals surface area contributed by atoms with Gasteiger partial charge in [-0.1, -0.05) is 29.3 Å². The molecule has 176 valence electrons. The topological polar surface area (TPSA) is 50.3 Å². The highest BCUT2D eigenvalue weighted by molar-refractivity contribution is 7.92. The molecule has 12 heteroatoms. The van der Waals surface area contributed by atoms with E-state index in [4.69, 9.17) is 23.2 Å². The van der Waals surface area contributed by atoms with E-state index in [0.717, 1.165) is 12.1 Å². The minimum atomic E-state index is -4.67. The zero-order valence-corrected chi connectivity index (χ0v) is 19.9. The number of aromatic nitrogens is 1. The lowest BCUT2D eigenvalue weighted by Gasteiger charge is -2.31. The minimum absolute atomic E-state index is 0.0124. The van der Waals surface area contributed by atoms with E-state index in [1.54, 1.807) is 11.4 Å². The Morgan fingerprint density at radius 1 is 1.03 bits per heavy atom. The number of sulfone groups is 1. The number of rotatable bonds is 4. The van der Waals surface area contributed by atoms with Gasteiger partial charge in [-0.25, -0.2) is 17.8 Å². The monoisotopic (exact) mass is 538 g/mol. The predicted molar refractivity (Wildman–Crippen MR) is 121 cm³/mol. The summed E-state index contributed by atoms with van der Waals surface area (Å²) in [5.41, 5.74) is 0.0731. The molecule has 0 radical (unpaired) electrons. The van der Waals surface area contributed by atoms with Gasteiger partial charge >= 0.3 is 6.18 Å². The molecule has 0 N–H and O–H groups in total. The standard InChI is InChI=1S/C21H16Cl2F4N2O2S2/c22-15-3-1-12(9-17(15)24)18-11-32-20(28-18)29-7-5-14(6-8-29)33(30,31)19-10-13(21(25,26)27)2-4-16(19)23/h1-4,9-11,14H,5-8H2.